The van der Waals surface area contributed by atoms with Crippen LogP contribution >= 0.6 is 0 Å². The van der Waals surface area contributed by atoms with Crippen LogP contribution in [-0.2, 0) is 4.79 Å². The van der Waals surface area contributed by atoms with E-state index in [1.54, 1.807) is 0 Å². The van der Waals surface area contributed by atoms with Gasteiger partial charge in [-0.1, -0.05) is 0 Å². The molecule has 0 aromatic rings. The lowest BCUT2D eigenvalue weighted by molar-refractivity contribution is -0.116. The number of hydrogen-bond donors (Lipinski definition) is 1. The minimum absolute atomic E-state index is 0.390. The number of carbonyl (C=O) groups is 1. The summed E-state index contributed by atoms with van der Waals surface area (Å²) in [5, 5.41) is 3.53. The van der Waals surface area contributed by atoms with Gasteiger partial charge in [-0.25, -0.2) is 0 Å². The van der Waals surface area contributed by atoms with Crippen molar-refractivity contribution in [3.05, 3.63) is 22.5 Å². The molecule has 0 saturated carbocycles. The van der Waals surface area contributed by atoms with Gasteiger partial charge >= 0.3 is 0 Å². The van der Waals surface area contributed by atoms with Gasteiger partial charge in [-0.3, -0.25) is 4.79 Å². The lowest BCUT2D eigenvalue weighted by Crippen LogP contribution is -2.28. The molecule has 1 heterocycles. The number of Topliss-reactive ketones (excluding diaryl/α,β-unsaturated/α-hetero) is 1. The highest BCUT2D eigenvalue weighted by molar-refractivity contribution is 5.97. The lowest BCUT2D eigenvalue weighted by Gasteiger charge is -2.31. The Labute approximate surface area is 90.4 Å². The van der Waals surface area contributed by atoms with Crippen LogP contribution in [0.1, 0.15) is 51.4 Å². The number of rotatable bonds is 0. The van der Waals surface area contributed by atoms with Crippen molar-refractivity contribution in [2.24, 2.45) is 0 Å². The van der Waals surface area contributed by atoms with E-state index in [2.05, 4.69) is 5.32 Å². The van der Waals surface area contributed by atoms with Crippen LogP contribution in [-0.4, -0.2) is 5.78 Å². The predicted octanol–water partition coefficient (Wildman–Crippen LogP) is 2.81. The summed E-state index contributed by atoms with van der Waals surface area (Å²) in [7, 11) is 0. The Morgan fingerprint density at radius 2 is 1.67 bits per heavy atom. The van der Waals surface area contributed by atoms with Crippen LogP contribution in [0.4, 0.5) is 0 Å². The number of dihydropyridines is 1. The average molecular weight is 203 g/mol. The molecule has 3 aliphatic rings. The van der Waals surface area contributed by atoms with Crippen molar-refractivity contribution in [2.45, 2.75) is 51.4 Å². The molecular formula is C13H17NO. The number of nitrogens with one attached hydrogen (secondary N) is 1. The molecule has 0 unspecified atom stereocenters. The summed E-state index contributed by atoms with van der Waals surface area (Å²) in [4.78, 5) is 11.8. The molecule has 0 radical (unpaired) electrons. The molecule has 15 heavy (non-hydrogen) atoms. The van der Waals surface area contributed by atoms with Crippen molar-refractivity contribution in [2.75, 3.05) is 0 Å². The fraction of sp³-hybridized carbons (Fsp3) is 0.615. The Hall–Kier alpha value is -1.05. The Morgan fingerprint density at radius 1 is 0.867 bits per heavy atom. The van der Waals surface area contributed by atoms with Gasteiger partial charge in [0.05, 0.1) is 0 Å². The third-order valence-electron chi connectivity index (χ3n) is 3.81. The SMILES string of the molecule is O=C1CCCC2=C1CC1=C(CCCC1)N2. The van der Waals surface area contributed by atoms with Crippen LogP contribution in [0.3, 0.4) is 0 Å². The molecule has 0 aromatic heterocycles. The van der Waals surface area contributed by atoms with Crippen molar-refractivity contribution in [3.8, 4) is 0 Å². The first-order chi connectivity index (χ1) is 7.34. The number of allylic oxidation sites excluding steroid dienone is 4. The summed E-state index contributed by atoms with van der Waals surface area (Å²) in [6, 6.07) is 0. The Kier molecular flexibility index (Phi) is 2.15. The largest absolute Gasteiger partial charge is 0.362 e. The van der Waals surface area contributed by atoms with Crippen LogP contribution < -0.4 is 5.32 Å². The summed E-state index contributed by atoms with van der Waals surface area (Å²) in [5.74, 6) is 0.390. The highest BCUT2D eigenvalue weighted by atomic mass is 16.1. The van der Waals surface area contributed by atoms with Gasteiger partial charge in [0, 0.05) is 29.8 Å². The van der Waals surface area contributed by atoms with E-state index in [0.717, 1.165) is 31.3 Å². The minimum Gasteiger partial charge on any atom is -0.362 e. The molecule has 0 atom stereocenters. The third kappa shape index (κ3) is 1.52. The molecule has 0 aromatic carbocycles. The first-order valence-corrected chi connectivity index (χ1v) is 6.08. The van der Waals surface area contributed by atoms with Crippen LogP contribution in [0.15, 0.2) is 22.5 Å². The average Bonchev–Trinajstić information content (AvgIpc) is 2.27. The molecule has 1 N–H and O–H groups in total. The summed E-state index contributed by atoms with van der Waals surface area (Å²) in [5.41, 5.74) is 5.29. The van der Waals surface area contributed by atoms with Gasteiger partial charge in [0.15, 0.2) is 5.78 Å². The van der Waals surface area contributed by atoms with Gasteiger partial charge in [0.1, 0.15) is 0 Å². The molecule has 2 nitrogen and oxygen atoms in total. The van der Waals surface area contributed by atoms with Gasteiger partial charge in [-0.15, -0.1) is 0 Å². The van der Waals surface area contributed by atoms with Gasteiger partial charge in [-0.2, -0.15) is 0 Å². The first-order valence-electron chi connectivity index (χ1n) is 6.08. The first kappa shape index (κ1) is 9.20. The fourth-order valence-corrected chi connectivity index (χ4v) is 2.95. The number of carbonyl (C=O) groups excluding carboxylic acids is 1. The second-order valence-corrected chi connectivity index (χ2v) is 4.82. The Morgan fingerprint density at radius 3 is 2.60 bits per heavy atom. The molecule has 0 bridgehead atoms. The summed E-state index contributed by atoms with van der Waals surface area (Å²) < 4.78 is 0. The van der Waals surface area contributed by atoms with E-state index in [4.69, 9.17) is 0 Å². The summed E-state index contributed by atoms with van der Waals surface area (Å²) in [6.45, 7) is 0. The van der Waals surface area contributed by atoms with Crippen molar-refractivity contribution in [3.63, 3.8) is 0 Å². The van der Waals surface area contributed by atoms with Crippen molar-refractivity contribution in [1.29, 1.82) is 0 Å². The van der Waals surface area contributed by atoms with Crippen LogP contribution in [0, 0.1) is 0 Å². The normalized spacial score (nSPS) is 26.0. The van der Waals surface area contributed by atoms with E-state index in [-0.39, 0.29) is 0 Å². The maximum absolute atomic E-state index is 11.8. The zero-order chi connectivity index (χ0) is 10.3. The standard InChI is InChI=1S/C13H17NO/c15-13-7-3-6-12-10(13)8-9-4-1-2-5-11(9)14-12/h14H,1-8H2. The minimum atomic E-state index is 0.390. The maximum atomic E-state index is 11.8. The Balaban J connectivity index is 1.90. The van der Waals surface area contributed by atoms with Crippen LogP contribution in [0.5, 0.6) is 0 Å². The van der Waals surface area contributed by atoms with Crippen molar-refractivity contribution < 1.29 is 4.79 Å². The lowest BCUT2D eigenvalue weighted by atomic mass is 9.82. The van der Waals surface area contributed by atoms with Gasteiger partial charge in [0.2, 0.25) is 0 Å². The molecule has 0 saturated heterocycles. The van der Waals surface area contributed by atoms with Crippen molar-refractivity contribution in [1.82, 2.24) is 5.32 Å². The van der Waals surface area contributed by atoms with E-state index in [1.807, 2.05) is 0 Å². The van der Waals surface area contributed by atoms with E-state index in [0.29, 0.717) is 5.78 Å². The molecular weight excluding hydrogens is 186 g/mol. The number of hydrogen-bond acceptors (Lipinski definition) is 2. The predicted molar refractivity (Wildman–Crippen MR) is 59.1 cm³/mol. The molecule has 0 amide bonds. The van der Waals surface area contributed by atoms with Crippen LogP contribution in [0.2, 0.25) is 0 Å². The maximum Gasteiger partial charge on any atom is 0.160 e. The molecule has 3 rings (SSSR count). The van der Waals surface area contributed by atoms with E-state index in [1.165, 1.54) is 42.7 Å². The fourth-order valence-electron chi connectivity index (χ4n) is 2.95. The van der Waals surface area contributed by atoms with Gasteiger partial charge in [0.25, 0.3) is 0 Å². The molecule has 2 aliphatic carbocycles. The Bertz CT molecular complexity index is 376. The monoisotopic (exact) mass is 203 g/mol. The highest BCUT2D eigenvalue weighted by Crippen LogP contribution is 2.36. The number of ketones is 1. The molecule has 0 spiro atoms. The van der Waals surface area contributed by atoms with Gasteiger partial charge in [-0.05, 0) is 44.1 Å². The highest BCUT2D eigenvalue weighted by Gasteiger charge is 2.27. The quantitative estimate of drug-likeness (QED) is 0.656. The summed E-state index contributed by atoms with van der Waals surface area (Å²) >= 11 is 0. The van der Waals surface area contributed by atoms with E-state index < -0.39 is 0 Å². The van der Waals surface area contributed by atoms with E-state index in [9.17, 15) is 4.79 Å². The third-order valence-corrected chi connectivity index (χ3v) is 3.81. The van der Waals surface area contributed by atoms with Crippen molar-refractivity contribution >= 4 is 5.78 Å². The zero-order valence-electron chi connectivity index (χ0n) is 9.07. The molecule has 2 heteroatoms. The zero-order valence-corrected chi connectivity index (χ0v) is 9.07. The molecule has 0 fully saturated rings. The second kappa shape index (κ2) is 3.51. The topological polar surface area (TPSA) is 29.1 Å². The van der Waals surface area contributed by atoms with Crippen LogP contribution in [0.25, 0.3) is 0 Å². The summed E-state index contributed by atoms with van der Waals surface area (Å²) in [6.07, 6.45) is 8.84. The smallest absolute Gasteiger partial charge is 0.160 e. The molecule has 1 aliphatic heterocycles. The molecule has 80 valence electrons. The second-order valence-electron chi connectivity index (χ2n) is 4.82. The van der Waals surface area contributed by atoms with Gasteiger partial charge < -0.3 is 5.32 Å². The van der Waals surface area contributed by atoms with E-state index >= 15 is 0 Å².